The number of fused-ring (bicyclic) bond motifs is 1. The third-order valence-corrected chi connectivity index (χ3v) is 6.53. The van der Waals surface area contributed by atoms with Gasteiger partial charge in [0.25, 0.3) is 5.56 Å². The molecule has 8 heteroatoms. The fraction of sp³-hybridized carbons (Fsp3) is 0.250. The Morgan fingerprint density at radius 2 is 1.89 bits per heavy atom. The minimum absolute atomic E-state index is 0.223. The van der Waals surface area contributed by atoms with Gasteiger partial charge in [-0.3, -0.25) is 9.36 Å². The number of hydrogen-bond acceptors (Lipinski definition) is 7. The molecule has 1 atom stereocenters. The lowest BCUT2D eigenvalue weighted by atomic mass is 9.96. The number of carbonyl (C=O) groups is 1. The zero-order valence-corrected chi connectivity index (χ0v) is 21.3. The van der Waals surface area contributed by atoms with Crippen LogP contribution in [0.2, 0.25) is 0 Å². The molecule has 0 saturated carbocycles. The average molecular weight is 505 g/mol. The van der Waals surface area contributed by atoms with Gasteiger partial charge in [-0.25, -0.2) is 9.79 Å². The van der Waals surface area contributed by atoms with Crippen LogP contribution in [0.1, 0.15) is 37.9 Å². The van der Waals surface area contributed by atoms with Gasteiger partial charge < -0.3 is 14.2 Å². The SMILES string of the molecule is C=CCOc1cccc(/C=c2\sc3n(c2=O)[C@H](c2ccc(OCC)cc2)C(C(=O)OCC)=C(C)N=3)c1. The number of thiazole rings is 1. The second-order valence-corrected chi connectivity index (χ2v) is 8.99. The topological polar surface area (TPSA) is 79.1 Å². The molecule has 3 aromatic rings. The first-order valence-corrected chi connectivity index (χ1v) is 12.5. The first kappa shape index (κ1) is 25.2. The maximum atomic E-state index is 13.7. The van der Waals surface area contributed by atoms with E-state index < -0.39 is 12.0 Å². The Hall–Kier alpha value is -3.91. The smallest absolute Gasteiger partial charge is 0.338 e. The first-order valence-electron chi connectivity index (χ1n) is 11.7. The molecule has 2 heterocycles. The van der Waals surface area contributed by atoms with Gasteiger partial charge in [0.05, 0.1) is 35.1 Å². The number of ether oxygens (including phenoxy) is 3. The summed E-state index contributed by atoms with van der Waals surface area (Å²) in [6.07, 6.45) is 3.48. The van der Waals surface area contributed by atoms with Crippen LogP contribution in [0.3, 0.4) is 0 Å². The van der Waals surface area contributed by atoms with Crippen molar-refractivity contribution in [2.24, 2.45) is 4.99 Å². The lowest BCUT2D eigenvalue weighted by molar-refractivity contribution is -0.139. The van der Waals surface area contributed by atoms with E-state index in [-0.39, 0.29) is 12.2 Å². The highest BCUT2D eigenvalue weighted by Gasteiger charge is 2.33. The van der Waals surface area contributed by atoms with E-state index in [4.69, 9.17) is 14.2 Å². The number of rotatable bonds is 9. The van der Waals surface area contributed by atoms with Crippen LogP contribution in [0, 0.1) is 0 Å². The van der Waals surface area contributed by atoms with Gasteiger partial charge >= 0.3 is 5.97 Å². The fourth-order valence-corrected chi connectivity index (χ4v) is 5.07. The quantitative estimate of drug-likeness (QED) is 0.328. The zero-order valence-electron chi connectivity index (χ0n) is 20.5. The highest BCUT2D eigenvalue weighted by Crippen LogP contribution is 2.31. The van der Waals surface area contributed by atoms with Crippen LogP contribution < -0.4 is 24.4 Å². The fourth-order valence-electron chi connectivity index (χ4n) is 4.02. The molecule has 0 unspecified atom stereocenters. The Kier molecular flexibility index (Phi) is 7.85. The number of aromatic nitrogens is 1. The van der Waals surface area contributed by atoms with Gasteiger partial charge in [0.1, 0.15) is 18.1 Å². The Bertz CT molecular complexity index is 1480. The van der Waals surface area contributed by atoms with Gasteiger partial charge in [0.15, 0.2) is 4.80 Å². The molecule has 1 aliphatic rings. The van der Waals surface area contributed by atoms with Gasteiger partial charge in [0.2, 0.25) is 0 Å². The molecule has 36 heavy (non-hydrogen) atoms. The highest BCUT2D eigenvalue weighted by molar-refractivity contribution is 7.07. The minimum Gasteiger partial charge on any atom is -0.494 e. The van der Waals surface area contributed by atoms with E-state index in [2.05, 4.69) is 11.6 Å². The number of benzene rings is 2. The van der Waals surface area contributed by atoms with Gasteiger partial charge in [-0.05, 0) is 62.2 Å². The first-order chi connectivity index (χ1) is 17.5. The molecule has 186 valence electrons. The predicted octanol–water partition coefficient (Wildman–Crippen LogP) is 3.76. The van der Waals surface area contributed by atoms with Crippen molar-refractivity contribution >= 4 is 23.4 Å². The summed E-state index contributed by atoms with van der Waals surface area (Å²) < 4.78 is 18.6. The molecule has 0 fully saturated rings. The summed E-state index contributed by atoms with van der Waals surface area (Å²) in [6.45, 7) is 10.3. The maximum absolute atomic E-state index is 13.7. The highest BCUT2D eigenvalue weighted by atomic mass is 32.1. The van der Waals surface area contributed by atoms with Crippen molar-refractivity contribution in [3.05, 3.63) is 103 Å². The maximum Gasteiger partial charge on any atom is 0.338 e. The van der Waals surface area contributed by atoms with E-state index in [1.54, 1.807) is 24.5 Å². The summed E-state index contributed by atoms with van der Waals surface area (Å²) >= 11 is 1.28. The van der Waals surface area contributed by atoms with Crippen molar-refractivity contribution < 1.29 is 19.0 Å². The number of carbonyl (C=O) groups excluding carboxylic acids is 1. The average Bonchev–Trinajstić information content (AvgIpc) is 3.17. The summed E-state index contributed by atoms with van der Waals surface area (Å²) in [5, 5.41) is 0. The molecule has 0 bridgehead atoms. The van der Waals surface area contributed by atoms with Crippen LogP contribution >= 0.6 is 11.3 Å². The lowest BCUT2D eigenvalue weighted by Crippen LogP contribution is -2.39. The van der Waals surface area contributed by atoms with E-state index >= 15 is 0 Å². The van der Waals surface area contributed by atoms with E-state index in [1.807, 2.05) is 61.5 Å². The van der Waals surface area contributed by atoms with Crippen molar-refractivity contribution in [2.45, 2.75) is 26.8 Å². The molecule has 0 saturated heterocycles. The molecule has 1 aromatic heterocycles. The molecule has 0 N–H and O–H groups in total. The number of hydrogen-bond donors (Lipinski definition) is 0. The van der Waals surface area contributed by atoms with Crippen LogP contribution in [0.5, 0.6) is 11.5 Å². The third-order valence-electron chi connectivity index (χ3n) is 5.55. The van der Waals surface area contributed by atoms with E-state index in [1.165, 1.54) is 11.3 Å². The third kappa shape index (κ3) is 5.18. The number of nitrogens with zero attached hydrogens (tertiary/aromatic N) is 2. The van der Waals surface area contributed by atoms with Crippen LogP contribution in [0.4, 0.5) is 0 Å². The second-order valence-electron chi connectivity index (χ2n) is 7.98. The molecular formula is C28H28N2O5S. The largest absolute Gasteiger partial charge is 0.494 e. The summed E-state index contributed by atoms with van der Waals surface area (Å²) in [5.74, 6) is 0.911. The number of allylic oxidation sites excluding steroid dienone is 1. The summed E-state index contributed by atoms with van der Waals surface area (Å²) in [7, 11) is 0. The summed E-state index contributed by atoms with van der Waals surface area (Å²) in [6, 6.07) is 14.2. The Morgan fingerprint density at radius 1 is 1.11 bits per heavy atom. The lowest BCUT2D eigenvalue weighted by Gasteiger charge is -2.24. The molecule has 0 amide bonds. The van der Waals surface area contributed by atoms with Crippen LogP contribution in [0.15, 0.2) is 82.2 Å². The molecule has 1 aliphatic heterocycles. The van der Waals surface area contributed by atoms with E-state index in [0.717, 1.165) is 11.1 Å². The van der Waals surface area contributed by atoms with Crippen LogP contribution in [-0.4, -0.2) is 30.4 Å². The standard InChI is InChI=1S/C28H28N2O5S/c1-5-15-35-22-10-8-9-19(16-22)17-23-26(31)30-25(20-11-13-21(14-12-20)33-6-2)24(27(32)34-7-3)18(4)29-28(30)36-23/h5,8-14,16-17,25H,1,6-7,15H2,2-4H3/b23-17-/t25-/m1/s1. The van der Waals surface area contributed by atoms with Gasteiger partial charge in [-0.15, -0.1) is 0 Å². The molecule has 0 spiro atoms. The second kappa shape index (κ2) is 11.2. The van der Waals surface area contributed by atoms with Crippen molar-refractivity contribution in [2.75, 3.05) is 19.8 Å². The van der Waals surface area contributed by atoms with Crippen LogP contribution in [0.25, 0.3) is 6.08 Å². The van der Waals surface area contributed by atoms with E-state index in [0.29, 0.717) is 45.3 Å². The molecule has 0 radical (unpaired) electrons. The molecular weight excluding hydrogens is 476 g/mol. The van der Waals surface area contributed by atoms with Crippen molar-refractivity contribution in [1.82, 2.24) is 4.57 Å². The summed E-state index contributed by atoms with van der Waals surface area (Å²) in [4.78, 5) is 31.8. The zero-order chi connectivity index (χ0) is 25.7. The summed E-state index contributed by atoms with van der Waals surface area (Å²) in [5.41, 5.74) is 2.23. The van der Waals surface area contributed by atoms with Crippen molar-refractivity contribution in [3.63, 3.8) is 0 Å². The number of esters is 1. The van der Waals surface area contributed by atoms with Crippen molar-refractivity contribution in [3.8, 4) is 11.5 Å². The van der Waals surface area contributed by atoms with E-state index in [9.17, 15) is 9.59 Å². The Labute approximate surface area is 213 Å². The Balaban J connectivity index is 1.86. The van der Waals surface area contributed by atoms with Crippen molar-refractivity contribution in [1.29, 1.82) is 0 Å². The molecule has 7 nitrogen and oxygen atoms in total. The predicted molar refractivity (Wildman–Crippen MR) is 140 cm³/mol. The monoisotopic (exact) mass is 504 g/mol. The van der Waals surface area contributed by atoms with Crippen LogP contribution in [-0.2, 0) is 9.53 Å². The Morgan fingerprint density at radius 3 is 2.58 bits per heavy atom. The minimum atomic E-state index is -0.666. The molecule has 2 aromatic carbocycles. The molecule has 0 aliphatic carbocycles. The van der Waals surface area contributed by atoms with Gasteiger partial charge in [0, 0.05) is 0 Å². The molecule has 4 rings (SSSR count). The van der Waals surface area contributed by atoms with Gasteiger partial charge in [-0.1, -0.05) is 48.3 Å². The normalized spacial score (nSPS) is 15.2. The van der Waals surface area contributed by atoms with Gasteiger partial charge in [-0.2, -0.15) is 0 Å².